The van der Waals surface area contributed by atoms with E-state index in [0.717, 1.165) is 30.5 Å². The molecule has 0 bridgehead atoms. The average Bonchev–Trinajstić information content (AvgIpc) is 2.50. The summed E-state index contributed by atoms with van der Waals surface area (Å²) >= 11 is 0. The van der Waals surface area contributed by atoms with Gasteiger partial charge in [0.1, 0.15) is 0 Å². The average molecular weight is 254 g/mol. The molecule has 1 heterocycles. The molecule has 0 aliphatic carbocycles. The van der Waals surface area contributed by atoms with E-state index in [0.29, 0.717) is 11.3 Å². The molecule has 0 fully saturated rings. The molecule has 1 unspecified atom stereocenters. The molecule has 0 aliphatic heterocycles. The number of aromatic nitrogens is 2. The van der Waals surface area contributed by atoms with Crippen molar-refractivity contribution in [1.82, 2.24) is 9.78 Å². The van der Waals surface area contributed by atoms with Crippen LogP contribution in [0.5, 0.6) is 5.88 Å². The zero-order chi connectivity index (χ0) is 13.9. The molecule has 0 radical (unpaired) electrons. The molecule has 1 N–H and O–H groups in total. The summed E-state index contributed by atoms with van der Waals surface area (Å²) in [4.78, 5) is 0. The smallest absolute Gasteiger partial charge is 0.217 e. The van der Waals surface area contributed by atoms with Gasteiger partial charge in [-0.3, -0.25) is 0 Å². The summed E-state index contributed by atoms with van der Waals surface area (Å²) in [5.74, 6) is 0.663. The zero-order valence-corrected chi connectivity index (χ0v) is 12.4. The molecule has 1 aromatic heterocycles. The fourth-order valence-electron chi connectivity index (χ4n) is 2.25. The van der Waals surface area contributed by atoms with Crippen LogP contribution in [0.15, 0.2) is 0 Å². The van der Waals surface area contributed by atoms with E-state index in [2.05, 4.69) is 25.9 Å². The molecule has 1 atom stereocenters. The van der Waals surface area contributed by atoms with Crippen molar-refractivity contribution >= 4 is 0 Å². The number of nitrogens with zero attached hydrogens (tertiary/aromatic N) is 2. The predicted octanol–water partition coefficient (Wildman–Crippen LogP) is 2.99. The van der Waals surface area contributed by atoms with E-state index in [1.54, 1.807) is 11.8 Å². The molecule has 0 amide bonds. The van der Waals surface area contributed by atoms with Crippen molar-refractivity contribution in [1.29, 1.82) is 0 Å². The van der Waals surface area contributed by atoms with E-state index in [-0.39, 0.29) is 0 Å². The van der Waals surface area contributed by atoms with E-state index < -0.39 is 6.10 Å². The van der Waals surface area contributed by atoms with Crippen LogP contribution in [0.1, 0.15) is 57.4 Å². The maximum absolute atomic E-state index is 10.3. The van der Waals surface area contributed by atoms with Gasteiger partial charge < -0.3 is 9.84 Å². The third-order valence-corrected chi connectivity index (χ3v) is 3.15. The number of hydrogen-bond donors (Lipinski definition) is 1. The standard InChI is InChI=1S/C14H26N2O2/c1-10-12(13(18-6)16(5)15-10)11(17)8-7-9-14(2,3)4/h11,17H,7-9H2,1-6H3. The van der Waals surface area contributed by atoms with Gasteiger partial charge in [-0.2, -0.15) is 5.10 Å². The summed E-state index contributed by atoms with van der Waals surface area (Å²) in [6, 6.07) is 0. The van der Waals surface area contributed by atoms with Crippen LogP contribution < -0.4 is 4.74 Å². The van der Waals surface area contributed by atoms with Crippen molar-refractivity contribution in [3.05, 3.63) is 11.3 Å². The van der Waals surface area contributed by atoms with Gasteiger partial charge in [-0.15, -0.1) is 0 Å². The molecule has 18 heavy (non-hydrogen) atoms. The summed E-state index contributed by atoms with van der Waals surface area (Å²) < 4.78 is 6.98. The molecule has 0 saturated carbocycles. The molecule has 104 valence electrons. The summed E-state index contributed by atoms with van der Waals surface area (Å²) in [6.45, 7) is 8.56. The Morgan fingerprint density at radius 2 is 2.00 bits per heavy atom. The van der Waals surface area contributed by atoms with Gasteiger partial charge in [0.2, 0.25) is 5.88 Å². The fraction of sp³-hybridized carbons (Fsp3) is 0.786. The summed E-state index contributed by atoms with van der Waals surface area (Å²) in [6.07, 6.45) is 2.37. The molecule has 0 aliphatic rings. The quantitative estimate of drug-likeness (QED) is 0.878. The highest BCUT2D eigenvalue weighted by Crippen LogP contribution is 2.32. The van der Waals surface area contributed by atoms with Crippen molar-refractivity contribution < 1.29 is 9.84 Å². The minimum atomic E-state index is -0.490. The summed E-state index contributed by atoms with van der Waals surface area (Å²) in [5, 5.41) is 14.6. The van der Waals surface area contributed by atoms with Crippen molar-refractivity contribution in [3.63, 3.8) is 0 Å². The SMILES string of the molecule is COc1c(C(O)CCCC(C)(C)C)c(C)nn1C. The minimum absolute atomic E-state index is 0.313. The van der Waals surface area contributed by atoms with Crippen LogP contribution in [0, 0.1) is 12.3 Å². The second kappa shape index (κ2) is 5.74. The zero-order valence-electron chi connectivity index (χ0n) is 12.4. The number of methoxy groups -OCH3 is 1. The first-order valence-electron chi connectivity index (χ1n) is 6.52. The Hall–Kier alpha value is -1.03. The third-order valence-electron chi connectivity index (χ3n) is 3.15. The summed E-state index contributed by atoms with van der Waals surface area (Å²) in [5.41, 5.74) is 1.99. The number of rotatable bonds is 5. The maximum atomic E-state index is 10.3. The first-order valence-corrected chi connectivity index (χ1v) is 6.52. The third kappa shape index (κ3) is 3.73. The van der Waals surface area contributed by atoms with Crippen LogP contribution in [-0.2, 0) is 7.05 Å². The van der Waals surface area contributed by atoms with Crippen molar-refractivity contribution in [2.75, 3.05) is 7.11 Å². The van der Waals surface area contributed by atoms with Crippen molar-refractivity contribution in [2.24, 2.45) is 12.5 Å². The molecular formula is C14H26N2O2. The Bertz CT molecular complexity index is 391. The van der Waals surface area contributed by atoms with E-state index >= 15 is 0 Å². The highest BCUT2D eigenvalue weighted by molar-refractivity contribution is 5.33. The lowest BCUT2D eigenvalue weighted by molar-refractivity contribution is 0.153. The van der Waals surface area contributed by atoms with Gasteiger partial charge in [0.25, 0.3) is 0 Å². The van der Waals surface area contributed by atoms with E-state index in [1.165, 1.54) is 0 Å². The Morgan fingerprint density at radius 1 is 1.39 bits per heavy atom. The van der Waals surface area contributed by atoms with Gasteiger partial charge in [-0.05, 0) is 25.2 Å². The second-order valence-corrected chi connectivity index (χ2v) is 6.10. The van der Waals surface area contributed by atoms with Crippen LogP contribution >= 0.6 is 0 Å². The first-order chi connectivity index (χ1) is 8.26. The normalized spacial score (nSPS) is 13.7. The molecule has 1 rings (SSSR count). The summed E-state index contributed by atoms with van der Waals surface area (Å²) in [7, 11) is 3.44. The molecule has 0 aromatic carbocycles. The van der Waals surface area contributed by atoms with Crippen molar-refractivity contribution in [2.45, 2.75) is 53.1 Å². The highest BCUT2D eigenvalue weighted by atomic mass is 16.5. The van der Waals surface area contributed by atoms with Gasteiger partial charge in [-0.25, -0.2) is 4.68 Å². The Kier molecular flexibility index (Phi) is 4.79. The van der Waals surface area contributed by atoms with Gasteiger partial charge in [0.15, 0.2) is 0 Å². The van der Waals surface area contributed by atoms with Gasteiger partial charge in [0.05, 0.1) is 24.5 Å². The van der Waals surface area contributed by atoms with Crippen LogP contribution in [0.2, 0.25) is 0 Å². The van der Waals surface area contributed by atoms with Crippen LogP contribution in [-0.4, -0.2) is 22.0 Å². The van der Waals surface area contributed by atoms with Crippen molar-refractivity contribution in [3.8, 4) is 5.88 Å². The lowest BCUT2D eigenvalue weighted by Crippen LogP contribution is -2.07. The van der Waals surface area contributed by atoms with Crippen LogP contribution in [0.3, 0.4) is 0 Å². The topological polar surface area (TPSA) is 47.3 Å². The molecule has 4 heteroatoms. The Balaban J connectivity index is 2.69. The Morgan fingerprint density at radius 3 is 2.50 bits per heavy atom. The number of ether oxygens (including phenoxy) is 1. The molecule has 0 saturated heterocycles. The highest BCUT2D eigenvalue weighted by Gasteiger charge is 2.21. The monoisotopic (exact) mass is 254 g/mol. The molecule has 0 spiro atoms. The number of aryl methyl sites for hydroxylation is 2. The van der Waals surface area contributed by atoms with Crippen LogP contribution in [0.4, 0.5) is 0 Å². The van der Waals surface area contributed by atoms with E-state index in [1.807, 2.05) is 14.0 Å². The molecule has 4 nitrogen and oxygen atoms in total. The molecule has 1 aromatic rings. The minimum Gasteiger partial charge on any atom is -0.481 e. The number of hydrogen-bond acceptors (Lipinski definition) is 3. The van der Waals surface area contributed by atoms with Gasteiger partial charge >= 0.3 is 0 Å². The number of aliphatic hydroxyl groups excluding tert-OH is 1. The molecular weight excluding hydrogens is 228 g/mol. The van der Waals surface area contributed by atoms with Crippen LogP contribution in [0.25, 0.3) is 0 Å². The fourth-order valence-corrected chi connectivity index (χ4v) is 2.25. The van der Waals surface area contributed by atoms with E-state index in [4.69, 9.17) is 4.74 Å². The predicted molar refractivity (Wildman–Crippen MR) is 72.8 cm³/mol. The largest absolute Gasteiger partial charge is 0.481 e. The number of aliphatic hydroxyl groups is 1. The lowest BCUT2D eigenvalue weighted by atomic mass is 9.88. The van der Waals surface area contributed by atoms with E-state index in [9.17, 15) is 5.11 Å². The van der Waals surface area contributed by atoms with Gasteiger partial charge in [-0.1, -0.05) is 27.2 Å². The first kappa shape index (κ1) is 15.0. The second-order valence-electron chi connectivity index (χ2n) is 6.10. The lowest BCUT2D eigenvalue weighted by Gasteiger charge is -2.19. The Labute approximate surface area is 110 Å². The maximum Gasteiger partial charge on any atom is 0.217 e. The van der Waals surface area contributed by atoms with Gasteiger partial charge in [0, 0.05) is 7.05 Å².